The van der Waals surface area contributed by atoms with Crippen molar-refractivity contribution >= 4 is 27.3 Å². The molecule has 0 amide bonds. The predicted molar refractivity (Wildman–Crippen MR) is 87.0 cm³/mol. The van der Waals surface area contributed by atoms with Crippen LogP contribution >= 0.6 is 11.3 Å². The number of nitrogens with one attached hydrogen (secondary N) is 1. The van der Waals surface area contributed by atoms with Crippen LogP contribution < -0.4 is 4.72 Å². The van der Waals surface area contributed by atoms with Crippen molar-refractivity contribution in [2.75, 3.05) is 0 Å². The highest BCUT2D eigenvalue weighted by molar-refractivity contribution is 7.89. The second kappa shape index (κ2) is 6.81. The van der Waals surface area contributed by atoms with Gasteiger partial charge < -0.3 is 5.11 Å². The van der Waals surface area contributed by atoms with Gasteiger partial charge in [-0.15, -0.1) is 11.3 Å². The van der Waals surface area contributed by atoms with Crippen LogP contribution in [0.2, 0.25) is 0 Å². The van der Waals surface area contributed by atoms with Gasteiger partial charge in [-0.05, 0) is 23.8 Å². The van der Waals surface area contributed by atoms with Crippen molar-refractivity contribution in [3.05, 3.63) is 34.2 Å². The second-order valence-electron chi connectivity index (χ2n) is 5.61. The van der Waals surface area contributed by atoms with Crippen LogP contribution in [-0.4, -0.2) is 29.3 Å². The minimum Gasteiger partial charge on any atom is -0.478 e. The van der Waals surface area contributed by atoms with Gasteiger partial charge in [0.25, 0.3) is 10.0 Å². The monoisotopic (exact) mass is 357 g/mol. The molecule has 2 N–H and O–H groups in total. The minimum atomic E-state index is -4.02. The number of thiophene rings is 1. The lowest BCUT2D eigenvalue weighted by Gasteiger charge is -2.19. The van der Waals surface area contributed by atoms with E-state index in [1.165, 1.54) is 18.4 Å². The van der Waals surface area contributed by atoms with E-state index in [-0.39, 0.29) is 16.5 Å². The quantitative estimate of drug-likeness (QED) is 0.791. The molecule has 2 aromatic rings. The van der Waals surface area contributed by atoms with E-state index >= 15 is 0 Å². The van der Waals surface area contributed by atoms with E-state index in [1.54, 1.807) is 0 Å². The average Bonchev–Trinajstić information content (AvgIpc) is 3.05. The highest BCUT2D eigenvalue weighted by Crippen LogP contribution is 2.27. The maximum absolute atomic E-state index is 12.7. The summed E-state index contributed by atoms with van der Waals surface area (Å²) in [4.78, 5) is 12.1. The van der Waals surface area contributed by atoms with Gasteiger partial charge in [-0.3, -0.25) is 4.68 Å². The Morgan fingerprint density at radius 2 is 2.17 bits per heavy atom. The number of hydrogen-bond acceptors (Lipinski definition) is 5. The maximum Gasteiger partial charge on any atom is 0.340 e. The van der Waals surface area contributed by atoms with Crippen LogP contribution in [0.15, 0.2) is 28.7 Å². The van der Waals surface area contributed by atoms with Gasteiger partial charge in [-0.25, -0.2) is 17.9 Å². The fourth-order valence-corrected chi connectivity index (χ4v) is 4.72. The van der Waals surface area contributed by atoms with E-state index in [2.05, 4.69) is 9.82 Å². The first-order chi connectivity index (χ1) is 10.7. The molecule has 0 saturated heterocycles. The molecule has 0 aliphatic heterocycles. The predicted octanol–water partition coefficient (Wildman–Crippen LogP) is 2.25. The number of sulfonamides is 1. The number of carboxylic acids is 1. The Morgan fingerprint density at radius 3 is 2.70 bits per heavy atom. The lowest BCUT2D eigenvalue weighted by Crippen LogP contribution is -2.31. The molecule has 0 bridgehead atoms. The molecule has 0 spiro atoms. The highest BCUT2D eigenvalue weighted by Gasteiger charge is 2.30. The Labute approximate surface area is 139 Å². The fraction of sp³-hybridized carbons (Fsp3) is 0.429. The SMILES string of the molecule is CC(C)CC(NS(=O)(=O)c1c(C(=O)O)cnn1C)c1cccs1. The van der Waals surface area contributed by atoms with Crippen molar-refractivity contribution in [2.24, 2.45) is 13.0 Å². The maximum atomic E-state index is 12.7. The van der Waals surface area contributed by atoms with E-state index in [0.717, 1.165) is 15.8 Å². The molecule has 1 unspecified atom stereocenters. The molecule has 7 nitrogen and oxygen atoms in total. The van der Waals surface area contributed by atoms with Gasteiger partial charge in [0, 0.05) is 11.9 Å². The van der Waals surface area contributed by atoms with Crippen LogP contribution in [0.5, 0.6) is 0 Å². The summed E-state index contributed by atoms with van der Waals surface area (Å²) < 4.78 is 29.1. The molecule has 1 atom stereocenters. The van der Waals surface area contributed by atoms with Gasteiger partial charge in [0.1, 0.15) is 5.56 Å². The summed E-state index contributed by atoms with van der Waals surface area (Å²) in [5, 5.41) is 14.5. The zero-order valence-corrected chi connectivity index (χ0v) is 14.7. The number of rotatable bonds is 7. The van der Waals surface area contributed by atoms with Crippen molar-refractivity contribution in [1.82, 2.24) is 14.5 Å². The molecule has 0 aliphatic carbocycles. The summed E-state index contributed by atoms with van der Waals surface area (Å²) >= 11 is 1.46. The Morgan fingerprint density at radius 1 is 1.48 bits per heavy atom. The van der Waals surface area contributed by atoms with Crippen LogP contribution in [0.1, 0.15) is 41.5 Å². The molecule has 0 radical (unpaired) electrons. The number of nitrogens with zero attached hydrogens (tertiary/aromatic N) is 2. The summed E-state index contributed by atoms with van der Waals surface area (Å²) in [5.74, 6) is -1.05. The zero-order valence-electron chi connectivity index (χ0n) is 13.1. The average molecular weight is 357 g/mol. The summed E-state index contributed by atoms with van der Waals surface area (Å²) in [6, 6.07) is 3.31. The van der Waals surface area contributed by atoms with Crippen molar-refractivity contribution in [2.45, 2.75) is 31.3 Å². The summed E-state index contributed by atoms with van der Waals surface area (Å²) in [5.41, 5.74) is -0.338. The van der Waals surface area contributed by atoms with E-state index in [9.17, 15) is 13.2 Å². The molecule has 9 heteroatoms. The van der Waals surface area contributed by atoms with Gasteiger partial charge >= 0.3 is 5.97 Å². The molecule has 0 fully saturated rings. The Hall–Kier alpha value is -1.71. The molecule has 2 aromatic heterocycles. The molecule has 0 aromatic carbocycles. The van der Waals surface area contributed by atoms with E-state index in [4.69, 9.17) is 5.11 Å². The fourth-order valence-electron chi connectivity index (χ4n) is 2.32. The van der Waals surface area contributed by atoms with Crippen LogP contribution in [0.4, 0.5) is 0 Å². The van der Waals surface area contributed by atoms with Crippen LogP contribution in [0.25, 0.3) is 0 Å². The van der Waals surface area contributed by atoms with Crippen molar-refractivity contribution in [3.8, 4) is 0 Å². The first-order valence-corrected chi connectivity index (χ1v) is 9.39. The lowest BCUT2D eigenvalue weighted by atomic mass is 10.0. The van der Waals surface area contributed by atoms with Crippen molar-refractivity contribution in [3.63, 3.8) is 0 Å². The van der Waals surface area contributed by atoms with Crippen LogP contribution in [0.3, 0.4) is 0 Å². The smallest absolute Gasteiger partial charge is 0.340 e. The standard InChI is InChI=1S/C14H19N3O4S2/c1-9(2)7-11(12-5-4-6-22-12)16-23(20,21)13-10(14(18)19)8-15-17(13)3/h4-6,8-9,11,16H,7H2,1-3H3,(H,18,19). The normalized spacial score (nSPS) is 13.4. The number of aromatic nitrogens is 2. The van der Waals surface area contributed by atoms with Crippen LogP contribution in [-0.2, 0) is 17.1 Å². The van der Waals surface area contributed by atoms with Gasteiger partial charge in [-0.1, -0.05) is 19.9 Å². The molecular formula is C14H19N3O4S2. The molecule has 2 rings (SSSR count). The van der Waals surface area contributed by atoms with Crippen molar-refractivity contribution < 1.29 is 18.3 Å². The third kappa shape index (κ3) is 3.98. The first kappa shape index (κ1) is 17.6. The zero-order chi connectivity index (χ0) is 17.2. The minimum absolute atomic E-state index is 0.273. The second-order valence-corrected chi connectivity index (χ2v) is 8.22. The van der Waals surface area contributed by atoms with E-state index in [1.807, 2.05) is 31.4 Å². The van der Waals surface area contributed by atoms with Gasteiger partial charge in [0.2, 0.25) is 0 Å². The number of hydrogen-bond donors (Lipinski definition) is 2. The summed E-state index contributed by atoms with van der Waals surface area (Å²) in [6.45, 7) is 4.00. The first-order valence-electron chi connectivity index (χ1n) is 7.03. The molecule has 126 valence electrons. The van der Waals surface area contributed by atoms with E-state index in [0.29, 0.717) is 6.42 Å². The molecule has 0 saturated carbocycles. The molecule has 0 aliphatic rings. The van der Waals surface area contributed by atoms with Gasteiger partial charge in [0.05, 0.1) is 12.2 Å². The number of aromatic carboxylic acids is 1. The molecular weight excluding hydrogens is 338 g/mol. The number of carbonyl (C=O) groups is 1. The third-order valence-electron chi connectivity index (χ3n) is 3.26. The topological polar surface area (TPSA) is 101 Å². The lowest BCUT2D eigenvalue weighted by molar-refractivity contribution is 0.0692. The van der Waals surface area contributed by atoms with Crippen molar-refractivity contribution in [1.29, 1.82) is 0 Å². The van der Waals surface area contributed by atoms with E-state index < -0.39 is 22.0 Å². The Bertz CT molecular complexity index is 779. The Kier molecular flexibility index (Phi) is 5.23. The number of aryl methyl sites for hydroxylation is 1. The molecule has 2 heterocycles. The Balaban J connectivity index is 2.39. The number of carboxylic acid groups (broad SMARTS) is 1. The summed E-state index contributed by atoms with van der Waals surface area (Å²) in [7, 11) is -2.61. The highest BCUT2D eigenvalue weighted by atomic mass is 32.2. The van der Waals surface area contributed by atoms with Gasteiger partial charge in [-0.2, -0.15) is 5.10 Å². The largest absolute Gasteiger partial charge is 0.478 e. The van der Waals surface area contributed by atoms with Gasteiger partial charge in [0.15, 0.2) is 5.03 Å². The summed E-state index contributed by atoms with van der Waals surface area (Å²) in [6.07, 6.45) is 1.65. The van der Waals surface area contributed by atoms with Crippen LogP contribution in [0, 0.1) is 5.92 Å². The molecule has 23 heavy (non-hydrogen) atoms. The third-order valence-corrected chi connectivity index (χ3v) is 5.83.